The van der Waals surface area contributed by atoms with Crippen molar-refractivity contribution in [2.75, 3.05) is 16.6 Å². The fourth-order valence-corrected chi connectivity index (χ4v) is 3.25. The Kier molecular flexibility index (Phi) is 5.66. The van der Waals surface area contributed by atoms with Crippen LogP contribution in [0.3, 0.4) is 0 Å². The Bertz CT molecular complexity index is 877. The number of aryl methyl sites for hydroxylation is 1. The Morgan fingerprint density at radius 3 is 2.44 bits per heavy atom. The van der Waals surface area contributed by atoms with Crippen molar-refractivity contribution in [3.8, 4) is 5.75 Å². The fourth-order valence-electron chi connectivity index (χ4n) is 2.01. The number of nitrogens with one attached hydrogen (secondary N) is 3. The van der Waals surface area contributed by atoms with Crippen LogP contribution in [0.4, 0.5) is 16.2 Å². The highest BCUT2D eigenvalue weighted by Crippen LogP contribution is 2.26. The number of carbonyl (C=O) groups is 1. The highest BCUT2D eigenvalue weighted by molar-refractivity contribution is 7.92. The lowest BCUT2D eigenvalue weighted by Crippen LogP contribution is -2.28. The quantitative estimate of drug-likeness (QED) is 0.593. The van der Waals surface area contributed by atoms with Gasteiger partial charge in [-0.2, -0.15) is 0 Å². The van der Waals surface area contributed by atoms with Crippen LogP contribution in [-0.4, -0.2) is 26.1 Å². The van der Waals surface area contributed by atoms with Crippen LogP contribution in [0.15, 0.2) is 60.0 Å². The van der Waals surface area contributed by atoms with Crippen LogP contribution in [0.1, 0.15) is 5.56 Å². The van der Waals surface area contributed by atoms with Gasteiger partial charge in [-0.15, -0.1) is 6.58 Å². The van der Waals surface area contributed by atoms with Crippen molar-refractivity contribution >= 4 is 27.4 Å². The fraction of sp³-hybridized carbons (Fsp3) is 0.118. The van der Waals surface area contributed by atoms with Gasteiger partial charge in [-0.05, 0) is 48.9 Å². The van der Waals surface area contributed by atoms with Gasteiger partial charge in [0, 0.05) is 17.9 Å². The zero-order valence-electron chi connectivity index (χ0n) is 13.6. The molecule has 2 aromatic rings. The molecule has 0 spiro atoms. The van der Waals surface area contributed by atoms with Crippen molar-refractivity contribution in [2.24, 2.45) is 0 Å². The molecule has 0 fully saturated rings. The molecule has 0 bridgehead atoms. The molecule has 0 radical (unpaired) electrons. The van der Waals surface area contributed by atoms with E-state index in [0.29, 0.717) is 23.5 Å². The molecule has 7 nitrogen and oxygen atoms in total. The second kappa shape index (κ2) is 7.71. The second-order valence-corrected chi connectivity index (χ2v) is 6.93. The summed E-state index contributed by atoms with van der Waals surface area (Å²) >= 11 is 0. The van der Waals surface area contributed by atoms with Gasteiger partial charge in [-0.25, -0.2) is 13.2 Å². The van der Waals surface area contributed by atoms with Crippen molar-refractivity contribution < 1.29 is 18.3 Å². The first-order valence-corrected chi connectivity index (χ1v) is 8.88. The Balaban J connectivity index is 2.11. The summed E-state index contributed by atoms with van der Waals surface area (Å²) in [4.78, 5) is 11.3. The number of benzene rings is 2. The van der Waals surface area contributed by atoms with E-state index in [9.17, 15) is 18.3 Å². The summed E-state index contributed by atoms with van der Waals surface area (Å²) in [5.74, 6) is -0.324. The van der Waals surface area contributed by atoms with E-state index in [2.05, 4.69) is 21.9 Å². The van der Waals surface area contributed by atoms with Gasteiger partial charge >= 0.3 is 6.03 Å². The van der Waals surface area contributed by atoms with Crippen LogP contribution >= 0.6 is 0 Å². The zero-order valence-corrected chi connectivity index (χ0v) is 14.4. The largest absolute Gasteiger partial charge is 0.507 e. The molecule has 0 saturated carbocycles. The third-order valence-corrected chi connectivity index (χ3v) is 4.62. The number of hydrogen-bond acceptors (Lipinski definition) is 4. The predicted molar refractivity (Wildman–Crippen MR) is 97.3 cm³/mol. The average molecular weight is 361 g/mol. The number of aromatic hydroxyl groups is 1. The lowest BCUT2D eigenvalue weighted by molar-refractivity contribution is 0.253. The van der Waals surface area contributed by atoms with Crippen LogP contribution in [0.5, 0.6) is 5.75 Å². The highest BCUT2D eigenvalue weighted by atomic mass is 32.2. The number of phenolic OH excluding ortho intramolecular Hbond substituents is 1. The van der Waals surface area contributed by atoms with E-state index >= 15 is 0 Å². The number of hydrogen-bond donors (Lipinski definition) is 4. The Morgan fingerprint density at radius 1 is 1.16 bits per heavy atom. The van der Waals surface area contributed by atoms with Gasteiger partial charge in [-0.3, -0.25) is 4.72 Å². The summed E-state index contributed by atoms with van der Waals surface area (Å²) in [6.07, 6.45) is 1.55. The molecule has 8 heteroatoms. The highest BCUT2D eigenvalue weighted by Gasteiger charge is 2.19. The molecule has 2 rings (SSSR count). The average Bonchev–Trinajstić information content (AvgIpc) is 2.56. The Labute approximate surface area is 146 Å². The van der Waals surface area contributed by atoms with Crippen molar-refractivity contribution in [1.29, 1.82) is 0 Å². The molecule has 0 unspecified atom stereocenters. The van der Waals surface area contributed by atoms with Crippen LogP contribution in [-0.2, 0) is 10.0 Å². The Morgan fingerprint density at radius 2 is 1.80 bits per heavy atom. The number of carbonyl (C=O) groups excluding carboxylic acids is 1. The molecule has 4 N–H and O–H groups in total. The van der Waals surface area contributed by atoms with E-state index in [-0.39, 0.29) is 10.6 Å². The number of rotatable bonds is 6. The van der Waals surface area contributed by atoms with E-state index in [1.54, 1.807) is 31.2 Å². The van der Waals surface area contributed by atoms with Crippen molar-refractivity contribution in [3.05, 3.63) is 60.7 Å². The normalized spacial score (nSPS) is 10.8. The summed E-state index contributed by atoms with van der Waals surface area (Å²) in [6.45, 7) is 5.57. The molecule has 0 heterocycles. The maximum Gasteiger partial charge on any atom is 0.319 e. The van der Waals surface area contributed by atoms with Crippen LogP contribution in [0, 0.1) is 6.92 Å². The van der Waals surface area contributed by atoms with E-state index in [1.807, 2.05) is 0 Å². The molecule has 0 aromatic heterocycles. The van der Waals surface area contributed by atoms with Crippen molar-refractivity contribution in [2.45, 2.75) is 11.8 Å². The van der Waals surface area contributed by atoms with Gasteiger partial charge in [0.05, 0.1) is 0 Å². The first-order valence-electron chi connectivity index (χ1n) is 7.40. The van der Waals surface area contributed by atoms with Crippen LogP contribution in [0.2, 0.25) is 0 Å². The van der Waals surface area contributed by atoms with Gasteiger partial charge in [-0.1, -0.05) is 12.1 Å². The minimum Gasteiger partial charge on any atom is -0.507 e. The molecular weight excluding hydrogens is 342 g/mol. The molecule has 0 aliphatic rings. The molecule has 25 heavy (non-hydrogen) atoms. The summed E-state index contributed by atoms with van der Waals surface area (Å²) in [7, 11) is -3.93. The molecule has 0 saturated heterocycles. The van der Waals surface area contributed by atoms with Gasteiger partial charge < -0.3 is 15.7 Å². The molecule has 0 atom stereocenters. The third kappa shape index (κ3) is 4.98. The monoisotopic (exact) mass is 361 g/mol. The van der Waals surface area contributed by atoms with Gasteiger partial charge in [0.15, 0.2) is 0 Å². The minimum absolute atomic E-state index is 0.196. The van der Waals surface area contributed by atoms with Gasteiger partial charge in [0.25, 0.3) is 10.0 Å². The Hall–Kier alpha value is -3.00. The molecule has 2 aromatic carbocycles. The first kappa shape index (κ1) is 18.3. The minimum atomic E-state index is -3.93. The molecule has 0 aliphatic heterocycles. The smallest absolute Gasteiger partial charge is 0.319 e. The SMILES string of the molecule is C=CCNC(=O)Nc1ccc(NS(=O)(=O)c2cc(C)ccc2O)cc1. The van der Waals surface area contributed by atoms with Crippen LogP contribution in [0.25, 0.3) is 0 Å². The van der Waals surface area contributed by atoms with Gasteiger partial charge in [0.1, 0.15) is 10.6 Å². The summed E-state index contributed by atoms with van der Waals surface area (Å²) < 4.78 is 27.2. The number of urea groups is 1. The molecule has 2 amide bonds. The summed E-state index contributed by atoms with van der Waals surface area (Å²) in [5.41, 5.74) is 1.52. The van der Waals surface area contributed by atoms with Crippen molar-refractivity contribution in [3.63, 3.8) is 0 Å². The zero-order chi connectivity index (χ0) is 18.4. The maximum atomic E-state index is 12.4. The molecule has 0 aliphatic carbocycles. The first-order chi connectivity index (χ1) is 11.8. The van der Waals surface area contributed by atoms with Crippen molar-refractivity contribution in [1.82, 2.24) is 5.32 Å². The topological polar surface area (TPSA) is 108 Å². The lowest BCUT2D eigenvalue weighted by Gasteiger charge is -2.11. The summed E-state index contributed by atoms with van der Waals surface area (Å²) in [6, 6.07) is 10.1. The lowest BCUT2D eigenvalue weighted by atomic mass is 10.2. The number of sulfonamides is 1. The van der Waals surface area contributed by atoms with Crippen LogP contribution < -0.4 is 15.4 Å². The van der Waals surface area contributed by atoms with E-state index in [0.717, 1.165) is 0 Å². The molecule has 132 valence electrons. The summed E-state index contributed by atoms with van der Waals surface area (Å²) in [5, 5.41) is 14.9. The predicted octanol–water partition coefficient (Wildman–Crippen LogP) is 2.81. The van der Waals surface area contributed by atoms with E-state index < -0.39 is 16.1 Å². The third-order valence-electron chi connectivity index (χ3n) is 3.21. The van der Waals surface area contributed by atoms with E-state index in [4.69, 9.17) is 0 Å². The number of amides is 2. The standard InChI is InChI=1S/C17H19N3O4S/c1-3-10-18-17(22)19-13-5-7-14(8-6-13)20-25(23,24)16-11-12(2)4-9-15(16)21/h3-9,11,20-21H,1,10H2,2H3,(H2,18,19,22). The van der Waals surface area contributed by atoms with E-state index in [1.165, 1.54) is 24.3 Å². The maximum absolute atomic E-state index is 12.4. The second-order valence-electron chi connectivity index (χ2n) is 5.28. The number of anilines is 2. The van der Waals surface area contributed by atoms with Gasteiger partial charge in [0.2, 0.25) is 0 Å². The molecular formula is C17H19N3O4S. The number of phenols is 1.